The van der Waals surface area contributed by atoms with Crippen LogP contribution in [0.4, 0.5) is 0 Å². The molecule has 0 spiro atoms. The third-order valence-corrected chi connectivity index (χ3v) is 2.13. The molecule has 14 heavy (non-hydrogen) atoms. The SMILES string of the molecule is CCOC1=CC(=CCNC=O)CCC1. The number of ether oxygens (including phenoxy) is 1. The second-order valence-electron chi connectivity index (χ2n) is 3.20. The van der Waals surface area contributed by atoms with Gasteiger partial charge in [0.15, 0.2) is 0 Å². The largest absolute Gasteiger partial charge is 0.498 e. The predicted molar refractivity (Wildman–Crippen MR) is 55.7 cm³/mol. The normalized spacial score (nSPS) is 18.9. The van der Waals surface area contributed by atoms with E-state index in [1.165, 1.54) is 5.57 Å². The summed E-state index contributed by atoms with van der Waals surface area (Å²) in [4.78, 5) is 10.0. The van der Waals surface area contributed by atoms with Crippen LogP contribution in [0.5, 0.6) is 0 Å². The Bertz CT molecular complexity index is 244. The molecule has 0 radical (unpaired) electrons. The molecule has 0 saturated carbocycles. The van der Waals surface area contributed by atoms with Gasteiger partial charge in [-0.2, -0.15) is 0 Å². The van der Waals surface area contributed by atoms with Crippen molar-refractivity contribution in [2.45, 2.75) is 26.2 Å². The van der Waals surface area contributed by atoms with Crippen LogP contribution in [0.3, 0.4) is 0 Å². The molecule has 0 fully saturated rings. The fourth-order valence-corrected chi connectivity index (χ4v) is 1.52. The summed E-state index contributed by atoms with van der Waals surface area (Å²) in [5, 5.41) is 2.62. The number of hydrogen-bond acceptors (Lipinski definition) is 2. The molecular formula is C11H17NO2. The molecular weight excluding hydrogens is 178 g/mol. The first-order valence-corrected chi connectivity index (χ1v) is 5.06. The summed E-state index contributed by atoms with van der Waals surface area (Å²) in [6.07, 6.45) is 8.08. The van der Waals surface area contributed by atoms with E-state index in [0.29, 0.717) is 13.0 Å². The number of nitrogens with one attached hydrogen (secondary N) is 1. The topological polar surface area (TPSA) is 38.3 Å². The van der Waals surface area contributed by atoms with Crippen molar-refractivity contribution >= 4 is 6.41 Å². The Morgan fingerprint density at radius 2 is 2.43 bits per heavy atom. The molecule has 1 N–H and O–H groups in total. The molecule has 0 saturated heterocycles. The zero-order chi connectivity index (χ0) is 10.2. The van der Waals surface area contributed by atoms with Gasteiger partial charge in [0, 0.05) is 13.0 Å². The van der Waals surface area contributed by atoms with Gasteiger partial charge in [0.2, 0.25) is 6.41 Å². The first-order valence-electron chi connectivity index (χ1n) is 5.06. The van der Waals surface area contributed by atoms with Crippen LogP contribution in [0.15, 0.2) is 23.5 Å². The minimum absolute atomic E-state index is 0.606. The molecule has 3 nitrogen and oxygen atoms in total. The Hall–Kier alpha value is -1.25. The van der Waals surface area contributed by atoms with Crippen molar-refractivity contribution in [3.8, 4) is 0 Å². The quantitative estimate of drug-likeness (QED) is 0.536. The van der Waals surface area contributed by atoms with Gasteiger partial charge >= 0.3 is 0 Å². The smallest absolute Gasteiger partial charge is 0.207 e. The fraction of sp³-hybridized carbons (Fsp3) is 0.545. The lowest BCUT2D eigenvalue weighted by Gasteiger charge is -2.15. The molecule has 0 unspecified atom stereocenters. The van der Waals surface area contributed by atoms with Gasteiger partial charge in [-0.15, -0.1) is 0 Å². The lowest BCUT2D eigenvalue weighted by Crippen LogP contribution is -2.10. The minimum atomic E-state index is 0.606. The molecule has 78 valence electrons. The Balaban J connectivity index is 2.48. The maximum atomic E-state index is 10.0. The van der Waals surface area contributed by atoms with Crippen LogP contribution in [0.1, 0.15) is 26.2 Å². The number of hydrogen-bond donors (Lipinski definition) is 1. The van der Waals surface area contributed by atoms with Gasteiger partial charge in [0.05, 0.1) is 12.4 Å². The highest BCUT2D eigenvalue weighted by Crippen LogP contribution is 2.22. The monoisotopic (exact) mass is 195 g/mol. The first-order chi connectivity index (χ1) is 6.86. The number of amides is 1. The van der Waals surface area contributed by atoms with E-state index in [9.17, 15) is 4.79 Å². The summed E-state index contributed by atoms with van der Waals surface area (Å²) >= 11 is 0. The van der Waals surface area contributed by atoms with Crippen molar-refractivity contribution in [2.24, 2.45) is 0 Å². The first kappa shape index (κ1) is 10.8. The van der Waals surface area contributed by atoms with Crippen LogP contribution < -0.4 is 5.32 Å². The molecule has 0 aliphatic heterocycles. The van der Waals surface area contributed by atoms with Gasteiger partial charge in [0.25, 0.3) is 0 Å². The summed E-state index contributed by atoms with van der Waals surface area (Å²) in [6.45, 7) is 3.33. The average Bonchev–Trinajstić information content (AvgIpc) is 2.19. The molecule has 0 aromatic heterocycles. The molecule has 0 aromatic carbocycles. The van der Waals surface area contributed by atoms with E-state index in [0.717, 1.165) is 31.6 Å². The molecule has 1 aliphatic carbocycles. The van der Waals surface area contributed by atoms with Crippen molar-refractivity contribution < 1.29 is 9.53 Å². The summed E-state index contributed by atoms with van der Waals surface area (Å²) in [5.74, 6) is 1.07. The number of allylic oxidation sites excluding steroid dienone is 3. The molecule has 1 aliphatic rings. The van der Waals surface area contributed by atoms with Crippen molar-refractivity contribution in [1.29, 1.82) is 0 Å². The highest BCUT2D eigenvalue weighted by molar-refractivity contribution is 5.46. The number of carbonyl (C=O) groups excluding carboxylic acids is 1. The Kier molecular flexibility index (Phi) is 4.83. The van der Waals surface area contributed by atoms with Crippen molar-refractivity contribution in [2.75, 3.05) is 13.2 Å². The van der Waals surface area contributed by atoms with E-state index in [4.69, 9.17) is 4.74 Å². The zero-order valence-electron chi connectivity index (χ0n) is 8.58. The second kappa shape index (κ2) is 6.24. The van der Waals surface area contributed by atoms with Crippen molar-refractivity contribution in [3.63, 3.8) is 0 Å². The van der Waals surface area contributed by atoms with Crippen molar-refractivity contribution in [3.05, 3.63) is 23.5 Å². The summed E-state index contributed by atoms with van der Waals surface area (Å²) in [5.41, 5.74) is 1.26. The molecule has 0 aromatic rings. The lowest BCUT2D eigenvalue weighted by atomic mass is 10.0. The summed E-state index contributed by atoms with van der Waals surface area (Å²) < 4.78 is 5.45. The summed E-state index contributed by atoms with van der Waals surface area (Å²) in [6, 6.07) is 0. The molecule has 0 heterocycles. The van der Waals surface area contributed by atoms with Gasteiger partial charge in [-0.05, 0) is 31.4 Å². The van der Waals surface area contributed by atoms with Crippen LogP contribution in [0, 0.1) is 0 Å². The Morgan fingerprint density at radius 3 is 3.14 bits per heavy atom. The maximum Gasteiger partial charge on any atom is 0.207 e. The standard InChI is InChI=1S/C11H17NO2/c1-2-14-11-5-3-4-10(8-11)6-7-12-9-13/h6,8-9H,2-5,7H2,1H3,(H,12,13). The number of rotatable bonds is 5. The molecule has 0 atom stereocenters. The molecule has 3 heteroatoms. The average molecular weight is 195 g/mol. The highest BCUT2D eigenvalue weighted by atomic mass is 16.5. The van der Waals surface area contributed by atoms with Gasteiger partial charge in [-0.1, -0.05) is 6.08 Å². The van der Waals surface area contributed by atoms with E-state index >= 15 is 0 Å². The van der Waals surface area contributed by atoms with E-state index in [1.54, 1.807) is 0 Å². The van der Waals surface area contributed by atoms with Gasteiger partial charge in [-0.3, -0.25) is 4.79 Å². The van der Waals surface area contributed by atoms with Crippen molar-refractivity contribution in [1.82, 2.24) is 5.32 Å². The lowest BCUT2D eigenvalue weighted by molar-refractivity contribution is -0.109. The highest BCUT2D eigenvalue weighted by Gasteiger charge is 2.07. The molecule has 0 bridgehead atoms. The third-order valence-electron chi connectivity index (χ3n) is 2.13. The van der Waals surface area contributed by atoms with E-state index < -0.39 is 0 Å². The van der Waals surface area contributed by atoms with Gasteiger partial charge in [-0.25, -0.2) is 0 Å². The molecule has 1 amide bonds. The third kappa shape index (κ3) is 3.64. The van der Waals surface area contributed by atoms with Crippen LogP contribution in [0.2, 0.25) is 0 Å². The number of carbonyl (C=O) groups is 1. The van der Waals surface area contributed by atoms with Crippen LogP contribution in [0.25, 0.3) is 0 Å². The second-order valence-corrected chi connectivity index (χ2v) is 3.20. The maximum absolute atomic E-state index is 10.0. The Morgan fingerprint density at radius 1 is 1.57 bits per heavy atom. The molecule has 1 rings (SSSR count). The van der Waals surface area contributed by atoms with Gasteiger partial charge < -0.3 is 10.1 Å². The van der Waals surface area contributed by atoms with E-state index in [-0.39, 0.29) is 0 Å². The van der Waals surface area contributed by atoms with Crippen LogP contribution in [-0.2, 0) is 9.53 Å². The predicted octanol–water partition coefficient (Wildman–Crippen LogP) is 1.76. The van der Waals surface area contributed by atoms with Gasteiger partial charge in [0.1, 0.15) is 0 Å². The van der Waals surface area contributed by atoms with E-state index in [1.807, 2.05) is 13.0 Å². The van der Waals surface area contributed by atoms with Crippen LogP contribution >= 0.6 is 0 Å². The zero-order valence-corrected chi connectivity index (χ0v) is 8.58. The Labute approximate surface area is 84.8 Å². The van der Waals surface area contributed by atoms with E-state index in [2.05, 4.69) is 11.4 Å². The van der Waals surface area contributed by atoms with Crippen LogP contribution in [-0.4, -0.2) is 19.6 Å². The summed E-state index contributed by atoms with van der Waals surface area (Å²) in [7, 11) is 0. The fourth-order valence-electron chi connectivity index (χ4n) is 1.52. The minimum Gasteiger partial charge on any atom is -0.498 e.